The molecule has 1 aliphatic rings. The Morgan fingerprint density at radius 1 is 0.840 bits per heavy atom. The maximum Gasteiger partial charge on any atom is 0.0950 e. The predicted octanol–water partition coefficient (Wildman–Crippen LogP) is 6.23. The molecule has 0 aliphatic carbocycles. The third-order valence-corrected chi connectivity index (χ3v) is 5.63. The van der Waals surface area contributed by atoms with Crippen LogP contribution in [0.2, 0.25) is 0 Å². The first kappa shape index (κ1) is 17.9. The molecule has 1 heterocycles. The molecule has 132 valence electrons. The first-order chi connectivity index (χ1) is 12.1. The highest BCUT2D eigenvalue weighted by Crippen LogP contribution is 2.37. The molecule has 0 radical (unpaired) electrons. The Labute approximate surface area is 156 Å². The van der Waals surface area contributed by atoms with E-state index in [1.54, 1.807) is 0 Å². The lowest BCUT2D eigenvalue weighted by molar-refractivity contribution is 0.476. The summed E-state index contributed by atoms with van der Waals surface area (Å²) in [5.41, 5.74) is 4.28. The lowest BCUT2D eigenvalue weighted by Gasteiger charge is -2.28. The molecule has 3 rings (SSSR count). The van der Waals surface area contributed by atoms with E-state index in [9.17, 15) is 0 Å². The van der Waals surface area contributed by atoms with Gasteiger partial charge in [0, 0.05) is 23.0 Å². The van der Waals surface area contributed by atoms with E-state index in [0.29, 0.717) is 11.8 Å². The first-order valence-corrected chi connectivity index (χ1v) is 10.0. The van der Waals surface area contributed by atoms with Crippen molar-refractivity contribution in [2.45, 2.75) is 44.4 Å². The first-order valence-electron chi connectivity index (χ1n) is 9.06. The molecule has 2 aromatic rings. The SMILES string of the molecule is CC(C)c1cccc(C(C)C)c1N1C=CN(CSc2ccccc2)C1. The van der Waals surface area contributed by atoms with Gasteiger partial charge in [-0.1, -0.05) is 64.1 Å². The van der Waals surface area contributed by atoms with Crippen molar-refractivity contribution in [2.75, 3.05) is 17.4 Å². The molecule has 0 saturated carbocycles. The molecule has 0 unspecified atom stereocenters. The summed E-state index contributed by atoms with van der Waals surface area (Å²) >= 11 is 1.88. The van der Waals surface area contributed by atoms with Gasteiger partial charge in [-0.15, -0.1) is 11.8 Å². The number of rotatable bonds is 6. The number of anilines is 1. The van der Waals surface area contributed by atoms with Crippen LogP contribution in [0.15, 0.2) is 65.8 Å². The van der Waals surface area contributed by atoms with E-state index in [1.165, 1.54) is 21.7 Å². The van der Waals surface area contributed by atoms with E-state index in [4.69, 9.17) is 0 Å². The summed E-state index contributed by atoms with van der Waals surface area (Å²) in [5, 5.41) is 0. The monoisotopic (exact) mass is 352 g/mol. The van der Waals surface area contributed by atoms with Gasteiger partial charge in [-0.05, 0) is 35.1 Å². The van der Waals surface area contributed by atoms with Crippen LogP contribution >= 0.6 is 11.8 Å². The number of benzene rings is 2. The van der Waals surface area contributed by atoms with Crippen LogP contribution in [0.3, 0.4) is 0 Å². The normalized spacial score (nSPS) is 14.2. The average Bonchev–Trinajstić information content (AvgIpc) is 3.08. The maximum absolute atomic E-state index is 2.41. The highest BCUT2D eigenvalue weighted by Gasteiger charge is 2.22. The van der Waals surface area contributed by atoms with Gasteiger partial charge in [0.2, 0.25) is 0 Å². The third-order valence-electron chi connectivity index (χ3n) is 4.56. The Bertz CT molecular complexity index is 696. The molecule has 0 N–H and O–H groups in total. The molecule has 2 nitrogen and oxygen atoms in total. The van der Waals surface area contributed by atoms with Crippen molar-refractivity contribution < 1.29 is 0 Å². The number of hydrogen-bond acceptors (Lipinski definition) is 3. The highest BCUT2D eigenvalue weighted by atomic mass is 32.2. The molecule has 0 spiro atoms. The molecule has 1 aliphatic heterocycles. The molecular formula is C22H28N2S. The van der Waals surface area contributed by atoms with Crippen molar-refractivity contribution in [3.05, 3.63) is 72.1 Å². The Morgan fingerprint density at radius 3 is 2.08 bits per heavy atom. The van der Waals surface area contributed by atoms with Crippen molar-refractivity contribution in [1.82, 2.24) is 4.90 Å². The van der Waals surface area contributed by atoms with E-state index in [2.05, 4.69) is 98.4 Å². The van der Waals surface area contributed by atoms with E-state index in [1.807, 2.05) is 11.8 Å². The molecule has 25 heavy (non-hydrogen) atoms. The lowest BCUT2D eigenvalue weighted by Crippen LogP contribution is -2.26. The fraction of sp³-hybridized carbons (Fsp3) is 0.364. The molecule has 2 aromatic carbocycles. The highest BCUT2D eigenvalue weighted by molar-refractivity contribution is 7.99. The van der Waals surface area contributed by atoms with Gasteiger partial charge in [0.05, 0.1) is 12.5 Å². The quantitative estimate of drug-likeness (QED) is 0.569. The summed E-state index contributed by atoms with van der Waals surface area (Å²) in [4.78, 5) is 6.11. The molecule has 0 atom stereocenters. The van der Waals surface area contributed by atoms with Gasteiger partial charge in [-0.3, -0.25) is 0 Å². The Balaban J connectivity index is 1.75. The summed E-state index contributed by atoms with van der Waals surface area (Å²) in [6, 6.07) is 17.4. The third kappa shape index (κ3) is 4.21. The Hall–Kier alpha value is -1.87. The summed E-state index contributed by atoms with van der Waals surface area (Å²) in [6.45, 7) is 10.1. The van der Waals surface area contributed by atoms with Gasteiger partial charge in [0.25, 0.3) is 0 Å². The van der Waals surface area contributed by atoms with E-state index < -0.39 is 0 Å². The predicted molar refractivity (Wildman–Crippen MR) is 110 cm³/mol. The average molecular weight is 353 g/mol. The van der Waals surface area contributed by atoms with Gasteiger partial charge in [0.15, 0.2) is 0 Å². The summed E-state index contributed by atoms with van der Waals surface area (Å²) in [6.07, 6.45) is 4.45. The number of nitrogens with zero attached hydrogens (tertiary/aromatic N) is 2. The van der Waals surface area contributed by atoms with Crippen LogP contribution in [0.1, 0.15) is 50.7 Å². The second-order valence-electron chi connectivity index (χ2n) is 7.18. The van der Waals surface area contributed by atoms with E-state index in [-0.39, 0.29) is 0 Å². The fourth-order valence-corrected chi connectivity index (χ4v) is 4.04. The van der Waals surface area contributed by atoms with E-state index in [0.717, 1.165) is 12.5 Å². The Kier molecular flexibility index (Phi) is 5.74. The molecular weight excluding hydrogens is 324 g/mol. The zero-order chi connectivity index (χ0) is 17.8. The maximum atomic E-state index is 2.41. The Morgan fingerprint density at radius 2 is 1.48 bits per heavy atom. The van der Waals surface area contributed by atoms with Crippen LogP contribution in [0.25, 0.3) is 0 Å². The van der Waals surface area contributed by atoms with Gasteiger partial charge >= 0.3 is 0 Å². The molecule has 0 saturated heterocycles. The van der Waals surface area contributed by atoms with E-state index >= 15 is 0 Å². The minimum Gasteiger partial charge on any atom is -0.349 e. The summed E-state index contributed by atoms with van der Waals surface area (Å²) in [5.74, 6) is 2.02. The van der Waals surface area contributed by atoms with Gasteiger partial charge in [0.1, 0.15) is 0 Å². The smallest absolute Gasteiger partial charge is 0.0950 e. The van der Waals surface area contributed by atoms with Crippen LogP contribution in [-0.4, -0.2) is 17.4 Å². The van der Waals surface area contributed by atoms with Gasteiger partial charge in [-0.2, -0.15) is 0 Å². The van der Waals surface area contributed by atoms with Crippen molar-refractivity contribution in [3.63, 3.8) is 0 Å². The minimum atomic E-state index is 0.523. The number of hydrogen-bond donors (Lipinski definition) is 0. The molecule has 3 heteroatoms. The van der Waals surface area contributed by atoms with Crippen molar-refractivity contribution in [3.8, 4) is 0 Å². The van der Waals surface area contributed by atoms with Crippen molar-refractivity contribution in [1.29, 1.82) is 0 Å². The van der Waals surface area contributed by atoms with Gasteiger partial charge < -0.3 is 9.80 Å². The zero-order valence-corrected chi connectivity index (χ0v) is 16.5. The van der Waals surface area contributed by atoms with Crippen molar-refractivity contribution in [2.24, 2.45) is 0 Å². The minimum absolute atomic E-state index is 0.523. The zero-order valence-electron chi connectivity index (χ0n) is 15.6. The fourth-order valence-electron chi connectivity index (χ4n) is 3.21. The number of para-hydroxylation sites is 1. The van der Waals surface area contributed by atoms with Crippen LogP contribution in [-0.2, 0) is 0 Å². The molecule has 0 aromatic heterocycles. The standard InChI is InChI=1S/C22H28N2S/c1-17(2)20-11-8-12-21(18(3)4)22(20)24-14-13-23(15-24)16-25-19-9-6-5-7-10-19/h5-14,17-18H,15-16H2,1-4H3. The topological polar surface area (TPSA) is 6.48 Å². The second-order valence-corrected chi connectivity index (χ2v) is 8.20. The number of thioether (sulfide) groups is 1. The van der Waals surface area contributed by atoms with Crippen LogP contribution in [0.5, 0.6) is 0 Å². The summed E-state index contributed by atoms with van der Waals surface area (Å²) < 4.78 is 0. The molecule has 0 bridgehead atoms. The van der Waals surface area contributed by atoms with Gasteiger partial charge in [-0.25, -0.2) is 0 Å². The summed E-state index contributed by atoms with van der Waals surface area (Å²) in [7, 11) is 0. The van der Waals surface area contributed by atoms with Crippen LogP contribution in [0, 0.1) is 0 Å². The van der Waals surface area contributed by atoms with Crippen molar-refractivity contribution >= 4 is 17.4 Å². The molecule has 0 amide bonds. The largest absolute Gasteiger partial charge is 0.349 e. The van der Waals surface area contributed by atoms with Crippen LogP contribution in [0.4, 0.5) is 5.69 Å². The second kappa shape index (κ2) is 8.01. The lowest BCUT2D eigenvalue weighted by atomic mass is 9.92. The molecule has 0 fully saturated rings. The van der Waals surface area contributed by atoms with Crippen LogP contribution < -0.4 is 4.90 Å².